The van der Waals surface area contributed by atoms with Crippen molar-refractivity contribution < 1.29 is 4.42 Å². The van der Waals surface area contributed by atoms with Crippen LogP contribution in [0.5, 0.6) is 0 Å². The third-order valence-electron chi connectivity index (χ3n) is 23.9. The molecule has 0 amide bonds. The Hall–Kier alpha value is -14.9. The Morgan fingerprint density at radius 3 is 1.32 bits per heavy atom. The minimum absolute atomic E-state index is 0.542. The highest BCUT2D eigenvalue weighted by molar-refractivity contribution is 6.34. The van der Waals surface area contributed by atoms with E-state index in [0.717, 1.165) is 93.7 Å². The van der Waals surface area contributed by atoms with Gasteiger partial charge in [-0.15, -0.1) is 0 Å². The number of aromatic nitrogens is 6. The number of hydrogen-bond acceptors (Lipinski definition) is 7. The van der Waals surface area contributed by atoms with Gasteiger partial charge in [-0.05, 0) is 195 Å². The first-order valence-corrected chi connectivity index (χ1v) is 38.2. The van der Waals surface area contributed by atoms with Crippen LogP contribution < -0.4 is 0 Å². The van der Waals surface area contributed by atoms with E-state index in [4.69, 9.17) is 34.3 Å². The summed E-state index contributed by atoms with van der Waals surface area (Å²) in [4.78, 5) is 32.4. The lowest BCUT2D eigenvalue weighted by molar-refractivity contribution is 0.669. The van der Waals surface area contributed by atoms with Crippen LogP contribution in [0, 0.1) is 0 Å². The monoisotopic (exact) mass is 1420 g/mol. The van der Waals surface area contributed by atoms with Gasteiger partial charge in [0.15, 0.2) is 34.9 Å². The molecular weight excluding hydrogens is 1360 g/mol. The number of hydrogen-bond donors (Lipinski definition) is 0. The standard InChI is InChI=1S/C105H60N6O/c1-3-25-62(26-4-1)99-106-101(110-103(108-99)85-43-22-42-83-78-38-17-20-47-94(78)112-98(83)85)67-30-21-29-64(56-67)65-49-52-75-86(57-65)81-53-48-61-24-7-8-31-69(61)95(81)82-54-50-66(58-87(75)82)70-41-23-46-92-97(70)84-55-51-68(59-93(84)105(92)90-44-18-15-36-76(90)77-37-16-19-45-91(77)105)102-107-100(63-27-5-2-6-28-63)109-104(111-102)89-60-88-73-34-10-9-32-71(73)72-33-11-13-39-79(72)96(88)80-40-14-12-35-74(80)89/h1-60H. The van der Waals surface area contributed by atoms with Crippen molar-refractivity contribution in [3.8, 4) is 113 Å². The molecule has 7 heteroatoms. The molecule has 0 atom stereocenters. The van der Waals surface area contributed by atoms with Gasteiger partial charge in [-0.3, -0.25) is 0 Å². The summed E-state index contributed by atoms with van der Waals surface area (Å²) < 4.78 is 6.59. The summed E-state index contributed by atoms with van der Waals surface area (Å²) in [5, 5.41) is 21.1. The van der Waals surface area contributed by atoms with E-state index < -0.39 is 5.41 Å². The largest absolute Gasteiger partial charge is 0.455 e. The Morgan fingerprint density at radius 2 is 0.607 bits per heavy atom. The molecule has 0 N–H and O–H groups in total. The average Bonchev–Trinajstić information content (AvgIpc) is 1.50. The molecule has 0 fully saturated rings. The quantitative estimate of drug-likeness (QED) is 0.140. The highest BCUT2D eigenvalue weighted by Crippen LogP contribution is 2.65. The van der Waals surface area contributed by atoms with Crippen molar-refractivity contribution in [1.82, 2.24) is 29.9 Å². The normalized spacial score (nSPS) is 12.7. The second-order valence-electron chi connectivity index (χ2n) is 29.7. The molecule has 3 aromatic heterocycles. The van der Waals surface area contributed by atoms with Gasteiger partial charge < -0.3 is 4.42 Å². The zero-order valence-electron chi connectivity index (χ0n) is 60.2. The summed E-state index contributed by atoms with van der Waals surface area (Å²) in [5.41, 5.74) is 20.4. The molecule has 2 aliphatic rings. The van der Waals surface area contributed by atoms with Gasteiger partial charge in [0.25, 0.3) is 0 Å². The van der Waals surface area contributed by atoms with Gasteiger partial charge in [-0.25, -0.2) is 29.9 Å². The molecule has 2 aliphatic carbocycles. The lowest BCUT2D eigenvalue weighted by Crippen LogP contribution is -2.26. The minimum atomic E-state index is -0.702. The van der Waals surface area contributed by atoms with E-state index in [-0.39, 0.29) is 0 Å². The Bertz CT molecular complexity index is 7790. The smallest absolute Gasteiger partial charge is 0.167 e. The van der Waals surface area contributed by atoms with Crippen LogP contribution in [0.15, 0.2) is 368 Å². The fraction of sp³-hybridized carbons (Fsp3) is 0.00952. The third-order valence-corrected chi connectivity index (χ3v) is 23.9. The Kier molecular flexibility index (Phi) is 13.3. The van der Waals surface area contributed by atoms with Crippen molar-refractivity contribution in [2.75, 3.05) is 0 Å². The second-order valence-corrected chi connectivity index (χ2v) is 29.7. The molecule has 0 bridgehead atoms. The summed E-state index contributed by atoms with van der Waals surface area (Å²) in [6.07, 6.45) is 0. The van der Waals surface area contributed by atoms with Gasteiger partial charge in [0.1, 0.15) is 11.2 Å². The summed E-state index contributed by atoms with van der Waals surface area (Å²) in [6, 6.07) is 132. The highest BCUT2D eigenvalue weighted by Gasteiger charge is 2.52. The molecule has 7 nitrogen and oxygen atoms in total. The van der Waals surface area contributed by atoms with Gasteiger partial charge in [0.2, 0.25) is 0 Å². The number of rotatable bonds is 8. The number of nitrogens with zero attached hydrogens (tertiary/aromatic N) is 6. The van der Waals surface area contributed by atoms with Gasteiger partial charge in [0.05, 0.1) is 11.0 Å². The maximum Gasteiger partial charge on any atom is 0.167 e. The first-order chi connectivity index (χ1) is 55.5. The molecule has 0 aliphatic heterocycles. The van der Waals surface area contributed by atoms with Crippen LogP contribution in [0.1, 0.15) is 22.3 Å². The van der Waals surface area contributed by atoms with Crippen molar-refractivity contribution in [3.63, 3.8) is 0 Å². The topological polar surface area (TPSA) is 90.5 Å². The molecule has 1 spiro atoms. The molecule has 516 valence electrons. The van der Waals surface area contributed by atoms with E-state index in [1.807, 2.05) is 60.7 Å². The lowest BCUT2D eigenvalue weighted by Gasteiger charge is -2.30. The zero-order chi connectivity index (χ0) is 73.3. The molecular formula is C105H60N6O. The Morgan fingerprint density at radius 1 is 0.188 bits per heavy atom. The van der Waals surface area contributed by atoms with Crippen molar-refractivity contribution in [2.45, 2.75) is 5.41 Å². The first-order valence-electron chi connectivity index (χ1n) is 38.2. The van der Waals surface area contributed by atoms with E-state index in [2.05, 4.69) is 303 Å². The van der Waals surface area contributed by atoms with E-state index in [9.17, 15) is 0 Å². The predicted octanol–water partition coefficient (Wildman–Crippen LogP) is 26.9. The molecule has 24 rings (SSSR count). The van der Waals surface area contributed by atoms with Gasteiger partial charge >= 0.3 is 0 Å². The van der Waals surface area contributed by atoms with Gasteiger partial charge in [-0.1, -0.05) is 322 Å². The SMILES string of the molecule is c1ccc(-c2nc(-c3ccc4c(c3)C3(c5ccccc5-c5ccccc53)c3cccc(-c5ccc6c(c5)c5ccc(-c7cccc(-c8nc(-c9ccccc9)nc(-c9cccc%10c9oc9ccccc9%10)n8)c7)cc5c5ccc7ccccc7c56)c3-4)nc(-c3cc4c5ccccc5c5ccccc5c4c4ccccc34)n2)cc1. The first kappa shape index (κ1) is 62.2. The van der Waals surface area contributed by atoms with E-state index in [1.165, 1.54) is 115 Å². The zero-order valence-corrected chi connectivity index (χ0v) is 60.2. The van der Waals surface area contributed by atoms with Gasteiger partial charge in [0, 0.05) is 38.6 Å². The van der Waals surface area contributed by atoms with Crippen molar-refractivity contribution in [1.29, 1.82) is 0 Å². The van der Waals surface area contributed by atoms with Crippen LogP contribution in [0.25, 0.3) is 221 Å². The summed E-state index contributed by atoms with van der Waals surface area (Å²) in [7, 11) is 0. The number of benzene rings is 19. The highest BCUT2D eigenvalue weighted by atomic mass is 16.3. The molecule has 3 heterocycles. The van der Waals surface area contributed by atoms with E-state index >= 15 is 0 Å². The van der Waals surface area contributed by atoms with Crippen LogP contribution in [0.4, 0.5) is 0 Å². The molecule has 0 unspecified atom stereocenters. The third kappa shape index (κ3) is 9.10. The molecule has 0 saturated heterocycles. The molecule has 0 radical (unpaired) electrons. The van der Waals surface area contributed by atoms with Crippen LogP contribution in [-0.4, -0.2) is 29.9 Å². The number of fused-ring (bicyclic) bond motifs is 29. The lowest BCUT2D eigenvalue weighted by atomic mass is 9.70. The number of furan rings is 1. The van der Waals surface area contributed by atoms with Crippen LogP contribution in [0.3, 0.4) is 0 Å². The van der Waals surface area contributed by atoms with E-state index in [1.54, 1.807) is 0 Å². The Balaban J connectivity index is 0.688. The molecule has 22 aromatic rings. The molecule has 112 heavy (non-hydrogen) atoms. The Labute approximate surface area is 642 Å². The average molecular weight is 1420 g/mol. The summed E-state index contributed by atoms with van der Waals surface area (Å²) >= 11 is 0. The molecule has 0 saturated carbocycles. The fourth-order valence-corrected chi connectivity index (χ4v) is 19.1. The minimum Gasteiger partial charge on any atom is -0.455 e. The van der Waals surface area contributed by atoms with Crippen molar-refractivity contribution in [2.24, 2.45) is 0 Å². The van der Waals surface area contributed by atoms with Crippen LogP contribution in [0.2, 0.25) is 0 Å². The maximum atomic E-state index is 6.59. The maximum absolute atomic E-state index is 6.59. The van der Waals surface area contributed by atoms with Gasteiger partial charge in [-0.2, -0.15) is 0 Å². The predicted molar refractivity (Wildman–Crippen MR) is 460 cm³/mol. The van der Waals surface area contributed by atoms with Crippen molar-refractivity contribution >= 4 is 108 Å². The summed E-state index contributed by atoms with van der Waals surface area (Å²) in [5.74, 6) is 3.52. The van der Waals surface area contributed by atoms with E-state index in [0.29, 0.717) is 34.9 Å². The van der Waals surface area contributed by atoms with Crippen LogP contribution >= 0.6 is 0 Å². The summed E-state index contributed by atoms with van der Waals surface area (Å²) in [6.45, 7) is 0. The molecule has 19 aromatic carbocycles. The van der Waals surface area contributed by atoms with Crippen molar-refractivity contribution in [3.05, 3.63) is 386 Å². The fourth-order valence-electron chi connectivity index (χ4n) is 19.1. The number of para-hydroxylation sites is 2. The van der Waals surface area contributed by atoms with Crippen LogP contribution in [-0.2, 0) is 5.41 Å². The second kappa shape index (κ2) is 24.0.